The molecule has 0 atom stereocenters. The van der Waals surface area contributed by atoms with Crippen LogP contribution in [0.25, 0.3) is 11.3 Å². The van der Waals surface area contributed by atoms with Crippen molar-refractivity contribution in [1.82, 2.24) is 15.3 Å². The van der Waals surface area contributed by atoms with Crippen molar-refractivity contribution in [3.63, 3.8) is 0 Å². The van der Waals surface area contributed by atoms with E-state index in [0.29, 0.717) is 18.1 Å². The zero-order valence-electron chi connectivity index (χ0n) is 14.3. The lowest BCUT2D eigenvalue weighted by Crippen LogP contribution is -2.11. The number of aromatic nitrogens is 2. The fourth-order valence-corrected chi connectivity index (χ4v) is 3.51. The van der Waals surface area contributed by atoms with Crippen LogP contribution < -0.4 is 10.5 Å². The van der Waals surface area contributed by atoms with Gasteiger partial charge in [-0.15, -0.1) is 13.7 Å². The Bertz CT molecular complexity index is 793. The Balaban J connectivity index is 2.45. The van der Waals surface area contributed by atoms with E-state index in [1.54, 1.807) is 19.1 Å². The molecule has 3 N–H and O–H groups in total. The summed E-state index contributed by atoms with van der Waals surface area (Å²) in [6, 6.07) is 5.97. The van der Waals surface area contributed by atoms with E-state index in [4.69, 9.17) is 5.14 Å². The molecule has 1 aromatic heterocycles. The summed E-state index contributed by atoms with van der Waals surface area (Å²) in [6.07, 6.45) is 0. The van der Waals surface area contributed by atoms with Gasteiger partial charge >= 0.3 is 0 Å². The molecule has 0 fully saturated rings. The molecule has 1 heterocycles. The van der Waals surface area contributed by atoms with Crippen LogP contribution in [-0.2, 0) is 6.54 Å². The number of thioether (sulfide) groups is 1. The van der Waals surface area contributed by atoms with E-state index in [9.17, 15) is 7.77 Å². The minimum atomic E-state index is -4.21. The molecule has 25 heavy (non-hydrogen) atoms. The van der Waals surface area contributed by atoms with Gasteiger partial charge in [-0.3, -0.25) is 0 Å². The lowest BCUT2D eigenvalue weighted by molar-refractivity contribution is 0.740. The lowest BCUT2D eigenvalue weighted by Gasteiger charge is -2.16. The first-order valence-electron chi connectivity index (χ1n) is 7.52. The van der Waals surface area contributed by atoms with Crippen LogP contribution in [0.5, 0.6) is 0 Å². The number of nitrogens with two attached hydrogens (primary N) is 1. The van der Waals surface area contributed by atoms with E-state index >= 15 is 0 Å². The SMILES string of the molecule is CC#CCSc1nc(CNC)nc(-c2ccc(S(N)(F)F)cc2)c1C. The molecule has 2 aromatic rings. The fraction of sp³-hybridized carbons (Fsp3) is 0.294. The largest absolute Gasteiger partial charge is 0.313 e. The van der Waals surface area contributed by atoms with Crippen molar-refractivity contribution in [3.8, 4) is 23.1 Å². The molecule has 0 aliphatic carbocycles. The second-order valence-electron chi connectivity index (χ2n) is 5.20. The zero-order chi connectivity index (χ0) is 18.4. The van der Waals surface area contributed by atoms with Gasteiger partial charge in [0, 0.05) is 11.1 Å². The third-order valence-corrected chi connectivity index (χ3v) is 5.24. The summed E-state index contributed by atoms with van der Waals surface area (Å²) >= 11 is 1.54. The van der Waals surface area contributed by atoms with Gasteiger partial charge in [-0.2, -0.15) is 0 Å². The standard InChI is InChI=1S/C17H20F2N4S2/c1-4-5-10-24-17-12(2)16(22-15(23-17)11-21-3)13-6-8-14(9-7-13)25(18,19)20/h6-9,21H,10-11,20H2,1-3H3. The Morgan fingerprint density at radius 1 is 1.24 bits per heavy atom. The summed E-state index contributed by atoms with van der Waals surface area (Å²) in [5, 5.41) is 8.81. The number of rotatable bonds is 6. The Morgan fingerprint density at radius 3 is 2.48 bits per heavy atom. The monoisotopic (exact) mass is 382 g/mol. The molecular formula is C17H20F2N4S2. The van der Waals surface area contributed by atoms with Crippen LogP contribution in [0, 0.1) is 18.8 Å². The molecule has 0 unspecified atom stereocenters. The minimum Gasteiger partial charge on any atom is -0.313 e. The number of benzene rings is 1. The molecule has 0 saturated heterocycles. The van der Waals surface area contributed by atoms with Crippen LogP contribution in [-0.4, -0.2) is 22.8 Å². The van der Waals surface area contributed by atoms with Gasteiger partial charge in [-0.25, -0.2) is 15.1 Å². The van der Waals surface area contributed by atoms with Gasteiger partial charge < -0.3 is 5.32 Å². The summed E-state index contributed by atoms with van der Waals surface area (Å²) in [5.74, 6) is 7.14. The molecule has 0 radical (unpaired) electrons. The average molecular weight is 383 g/mol. The van der Waals surface area contributed by atoms with Crippen molar-refractivity contribution in [3.05, 3.63) is 35.7 Å². The summed E-state index contributed by atoms with van der Waals surface area (Å²) in [5.41, 5.74) is 2.39. The molecule has 0 aliphatic heterocycles. The highest BCUT2D eigenvalue weighted by Crippen LogP contribution is 2.51. The molecule has 134 valence electrons. The van der Waals surface area contributed by atoms with Crippen LogP contribution in [0.15, 0.2) is 34.2 Å². The summed E-state index contributed by atoms with van der Waals surface area (Å²) in [7, 11) is -2.40. The summed E-state index contributed by atoms with van der Waals surface area (Å²) < 4.78 is 26.6. The number of hydrogen-bond donors (Lipinski definition) is 2. The van der Waals surface area contributed by atoms with Crippen molar-refractivity contribution in [2.45, 2.75) is 30.3 Å². The predicted octanol–water partition coefficient (Wildman–Crippen LogP) is 4.09. The van der Waals surface area contributed by atoms with Gasteiger partial charge in [0.1, 0.15) is 21.8 Å². The highest BCUT2D eigenvalue weighted by atomic mass is 32.3. The fourth-order valence-electron chi connectivity index (χ4n) is 2.17. The van der Waals surface area contributed by atoms with E-state index in [1.165, 1.54) is 23.9 Å². The predicted molar refractivity (Wildman–Crippen MR) is 101 cm³/mol. The average Bonchev–Trinajstić information content (AvgIpc) is 2.57. The molecule has 8 heteroatoms. The van der Waals surface area contributed by atoms with Crippen LogP contribution in [0.1, 0.15) is 18.3 Å². The Morgan fingerprint density at radius 2 is 1.92 bits per heavy atom. The van der Waals surface area contributed by atoms with Crippen molar-refractivity contribution in [1.29, 1.82) is 0 Å². The quantitative estimate of drug-likeness (QED) is 0.447. The first-order chi connectivity index (χ1) is 11.9. The second kappa shape index (κ2) is 8.63. The highest BCUT2D eigenvalue weighted by Gasteiger charge is 2.19. The molecular weight excluding hydrogens is 362 g/mol. The smallest absolute Gasteiger partial charge is 0.144 e. The maximum Gasteiger partial charge on any atom is 0.144 e. The molecule has 0 aliphatic rings. The molecule has 0 amide bonds. The van der Waals surface area contributed by atoms with E-state index in [-0.39, 0.29) is 4.90 Å². The first kappa shape index (κ1) is 19.7. The van der Waals surface area contributed by atoms with Gasteiger partial charge in [0.15, 0.2) is 0 Å². The number of nitrogens with zero attached hydrogens (tertiary/aromatic N) is 2. The first-order valence-corrected chi connectivity index (χ1v) is 10.0. The number of hydrogen-bond acceptors (Lipinski definition) is 5. The molecule has 0 saturated carbocycles. The number of nitrogens with one attached hydrogen (secondary N) is 1. The third kappa shape index (κ3) is 5.16. The molecule has 0 spiro atoms. The van der Waals surface area contributed by atoms with Crippen LogP contribution in [0.4, 0.5) is 7.77 Å². The summed E-state index contributed by atoms with van der Waals surface area (Å²) in [4.78, 5) is 8.99. The van der Waals surface area contributed by atoms with Gasteiger partial charge in [0.25, 0.3) is 0 Å². The van der Waals surface area contributed by atoms with Gasteiger partial charge in [-0.05, 0) is 33.0 Å². The Hall–Kier alpha value is -1.66. The van der Waals surface area contributed by atoms with E-state index in [0.717, 1.165) is 21.8 Å². The lowest BCUT2D eigenvalue weighted by atomic mass is 10.1. The molecule has 2 rings (SSSR count). The van der Waals surface area contributed by atoms with Gasteiger partial charge in [-0.1, -0.05) is 29.8 Å². The minimum absolute atomic E-state index is 0.147. The Kier molecular flexibility index (Phi) is 6.79. The van der Waals surface area contributed by atoms with Crippen LogP contribution in [0.2, 0.25) is 0 Å². The normalized spacial score (nSPS) is 11.8. The molecule has 1 aromatic carbocycles. The molecule has 0 bridgehead atoms. The Labute approximate surface area is 153 Å². The van der Waals surface area contributed by atoms with E-state index < -0.39 is 11.0 Å². The second-order valence-corrected chi connectivity index (χ2v) is 7.65. The highest BCUT2D eigenvalue weighted by molar-refractivity contribution is 8.23. The zero-order valence-corrected chi connectivity index (χ0v) is 15.9. The van der Waals surface area contributed by atoms with Crippen molar-refractivity contribution in [2.75, 3.05) is 12.8 Å². The van der Waals surface area contributed by atoms with Crippen molar-refractivity contribution >= 4 is 22.7 Å². The third-order valence-electron chi connectivity index (χ3n) is 3.38. The maximum atomic E-state index is 13.3. The van der Waals surface area contributed by atoms with Gasteiger partial charge in [0.2, 0.25) is 0 Å². The van der Waals surface area contributed by atoms with Gasteiger partial charge in [0.05, 0.1) is 22.9 Å². The topological polar surface area (TPSA) is 63.8 Å². The van der Waals surface area contributed by atoms with Crippen molar-refractivity contribution < 1.29 is 7.77 Å². The maximum absolute atomic E-state index is 13.3. The van der Waals surface area contributed by atoms with E-state index in [1.807, 2.05) is 14.0 Å². The van der Waals surface area contributed by atoms with Crippen LogP contribution in [0.3, 0.4) is 0 Å². The van der Waals surface area contributed by atoms with E-state index in [2.05, 4.69) is 27.1 Å². The molecule has 4 nitrogen and oxygen atoms in total. The number of halogens is 2. The summed E-state index contributed by atoms with van der Waals surface area (Å²) in [6.45, 7) is 4.24. The van der Waals surface area contributed by atoms with Crippen molar-refractivity contribution in [2.24, 2.45) is 5.14 Å². The van der Waals surface area contributed by atoms with Crippen LogP contribution >= 0.6 is 22.7 Å².